The first-order valence-electron chi connectivity index (χ1n) is 6.81. The van der Waals surface area contributed by atoms with E-state index in [1.165, 1.54) is 0 Å². The van der Waals surface area contributed by atoms with Crippen molar-refractivity contribution >= 4 is 21.8 Å². The molecule has 102 valence electrons. The Balaban J connectivity index is 1.92. The van der Waals surface area contributed by atoms with Crippen LogP contribution in [0.4, 0.5) is 0 Å². The van der Waals surface area contributed by atoms with E-state index >= 15 is 0 Å². The maximum atomic E-state index is 12.6. The number of pyridine rings is 1. The van der Waals surface area contributed by atoms with Gasteiger partial charge in [-0.2, -0.15) is 0 Å². The molecule has 0 saturated carbocycles. The lowest BCUT2D eigenvalue weighted by Crippen LogP contribution is -2.05. The molecule has 0 fully saturated rings. The molecular weight excluding hydrogens is 262 g/mol. The Morgan fingerprint density at radius 1 is 1.05 bits per heavy atom. The van der Waals surface area contributed by atoms with Gasteiger partial charge in [0, 0.05) is 40.7 Å². The number of nitrogens with zero attached hydrogens (tertiary/aromatic N) is 2. The predicted octanol–water partition coefficient (Wildman–Crippen LogP) is 2.93. The number of hydrogen-bond acceptors (Lipinski definition) is 2. The number of H-pyrrole nitrogens is 1. The quantitative estimate of drug-likeness (QED) is 0.572. The van der Waals surface area contributed by atoms with E-state index in [1.807, 2.05) is 53.2 Å². The number of para-hydroxylation sites is 1. The van der Waals surface area contributed by atoms with Gasteiger partial charge in [-0.25, -0.2) is 4.98 Å². The van der Waals surface area contributed by atoms with Crippen LogP contribution < -0.4 is 5.43 Å². The highest BCUT2D eigenvalue weighted by Gasteiger charge is 2.06. The first kappa shape index (κ1) is 11.9. The summed E-state index contributed by atoms with van der Waals surface area (Å²) in [7, 11) is 0. The van der Waals surface area contributed by atoms with Crippen LogP contribution >= 0.6 is 0 Å². The van der Waals surface area contributed by atoms with Crippen molar-refractivity contribution in [3.63, 3.8) is 0 Å². The molecule has 4 rings (SSSR count). The van der Waals surface area contributed by atoms with Crippen LogP contribution in [0, 0.1) is 0 Å². The maximum Gasteiger partial charge on any atom is 0.197 e. The van der Waals surface area contributed by atoms with E-state index in [1.54, 1.807) is 12.5 Å². The lowest BCUT2D eigenvalue weighted by atomic mass is 10.1. The van der Waals surface area contributed by atoms with Gasteiger partial charge in [0.1, 0.15) is 0 Å². The second-order valence-corrected chi connectivity index (χ2v) is 5.11. The van der Waals surface area contributed by atoms with Gasteiger partial charge in [0.15, 0.2) is 5.43 Å². The zero-order chi connectivity index (χ0) is 14.2. The summed E-state index contributed by atoms with van der Waals surface area (Å²) in [5, 5.41) is 1.45. The fourth-order valence-electron chi connectivity index (χ4n) is 2.66. The molecule has 4 nitrogen and oxygen atoms in total. The van der Waals surface area contributed by atoms with Crippen molar-refractivity contribution in [3.05, 3.63) is 77.0 Å². The lowest BCUT2D eigenvalue weighted by Gasteiger charge is -2.06. The van der Waals surface area contributed by atoms with E-state index in [0.29, 0.717) is 6.54 Å². The SMILES string of the molecule is O=c1c2ccccc2[nH]c2ccc(Cn3ccnc3)cc12. The fourth-order valence-corrected chi connectivity index (χ4v) is 2.66. The van der Waals surface area contributed by atoms with Gasteiger partial charge in [0.2, 0.25) is 0 Å². The number of aromatic amines is 1. The third kappa shape index (κ3) is 2.01. The minimum atomic E-state index is 0.0758. The Kier molecular flexibility index (Phi) is 2.60. The van der Waals surface area contributed by atoms with Crippen molar-refractivity contribution in [1.29, 1.82) is 0 Å². The second-order valence-electron chi connectivity index (χ2n) is 5.11. The number of aromatic nitrogens is 3. The minimum absolute atomic E-state index is 0.0758. The van der Waals surface area contributed by atoms with E-state index in [-0.39, 0.29) is 5.43 Å². The summed E-state index contributed by atoms with van der Waals surface area (Å²) in [6, 6.07) is 13.6. The van der Waals surface area contributed by atoms with Gasteiger partial charge in [0.05, 0.1) is 6.33 Å². The average molecular weight is 275 g/mol. The lowest BCUT2D eigenvalue weighted by molar-refractivity contribution is 0.798. The number of hydrogen-bond donors (Lipinski definition) is 1. The van der Waals surface area contributed by atoms with Gasteiger partial charge in [-0.3, -0.25) is 4.79 Å². The molecule has 0 unspecified atom stereocenters. The Hall–Kier alpha value is -2.88. The highest BCUT2D eigenvalue weighted by Crippen LogP contribution is 2.16. The third-order valence-corrected chi connectivity index (χ3v) is 3.69. The maximum absolute atomic E-state index is 12.6. The summed E-state index contributed by atoms with van der Waals surface area (Å²) >= 11 is 0. The van der Waals surface area contributed by atoms with Crippen molar-refractivity contribution in [3.8, 4) is 0 Å². The second kappa shape index (κ2) is 4.59. The van der Waals surface area contributed by atoms with Crippen LogP contribution in [-0.4, -0.2) is 14.5 Å². The summed E-state index contributed by atoms with van der Waals surface area (Å²) in [6.07, 6.45) is 5.44. The molecule has 0 bridgehead atoms. The first-order valence-corrected chi connectivity index (χ1v) is 6.81. The minimum Gasteiger partial charge on any atom is -0.354 e. The van der Waals surface area contributed by atoms with Crippen LogP contribution in [0.15, 0.2) is 66.0 Å². The zero-order valence-electron chi connectivity index (χ0n) is 11.3. The predicted molar refractivity (Wildman–Crippen MR) is 83.4 cm³/mol. The molecule has 2 aromatic carbocycles. The Morgan fingerprint density at radius 2 is 1.90 bits per heavy atom. The highest BCUT2D eigenvalue weighted by atomic mass is 16.1. The van der Waals surface area contributed by atoms with Crippen molar-refractivity contribution in [2.24, 2.45) is 0 Å². The molecule has 0 aliphatic carbocycles. The van der Waals surface area contributed by atoms with Crippen molar-refractivity contribution in [1.82, 2.24) is 14.5 Å². The molecule has 0 radical (unpaired) electrons. The van der Waals surface area contributed by atoms with Crippen molar-refractivity contribution in [2.45, 2.75) is 6.54 Å². The van der Waals surface area contributed by atoms with Crippen molar-refractivity contribution < 1.29 is 0 Å². The fraction of sp³-hybridized carbons (Fsp3) is 0.0588. The standard InChI is InChI=1S/C17H13N3O/c21-17-13-3-1-2-4-15(13)19-16-6-5-12(9-14(16)17)10-20-8-7-18-11-20/h1-9,11H,10H2,(H,19,21). The van der Waals surface area contributed by atoms with Gasteiger partial charge in [-0.05, 0) is 29.8 Å². The molecule has 4 aromatic rings. The van der Waals surface area contributed by atoms with Crippen LogP contribution in [0.1, 0.15) is 5.56 Å². The van der Waals surface area contributed by atoms with Crippen molar-refractivity contribution in [2.75, 3.05) is 0 Å². The zero-order valence-corrected chi connectivity index (χ0v) is 11.3. The molecule has 0 aliphatic rings. The number of imidazole rings is 1. The summed E-state index contributed by atoms with van der Waals surface area (Å²) in [5.74, 6) is 0. The smallest absolute Gasteiger partial charge is 0.197 e. The highest BCUT2D eigenvalue weighted by molar-refractivity contribution is 5.92. The first-order chi connectivity index (χ1) is 10.3. The van der Waals surface area contributed by atoms with E-state index in [9.17, 15) is 4.79 Å². The molecule has 4 heteroatoms. The molecule has 2 heterocycles. The number of nitrogens with one attached hydrogen (secondary N) is 1. The molecule has 1 N–H and O–H groups in total. The topological polar surface area (TPSA) is 50.7 Å². The molecule has 0 atom stereocenters. The number of fused-ring (bicyclic) bond motifs is 2. The van der Waals surface area contributed by atoms with Crippen LogP contribution in [0.3, 0.4) is 0 Å². The van der Waals surface area contributed by atoms with Gasteiger partial charge in [-0.15, -0.1) is 0 Å². The van der Waals surface area contributed by atoms with E-state index in [2.05, 4.69) is 9.97 Å². The molecule has 0 spiro atoms. The Morgan fingerprint density at radius 3 is 2.76 bits per heavy atom. The van der Waals surface area contributed by atoms with Crippen LogP contribution in [0.5, 0.6) is 0 Å². The number of benzene rings is 2. The van der Waals surface area contributed by atoms with Gasteiger partial charge in [0.25, 0.3) is 0 Å². The molecular formula is C17H13N3O. The third-order valence-electron chi connectivity index (χ3n) is 3.69. The van der Waals surface area contributed by atoms with Crippen LogP contribution in [0.2, 0.25) is 0 Å². The van der Waals surface area contributed by atoms with Gasteiger partial charge >= 0.3 is 0 Å². The summed E-state index contributed by atoms with van der Waals surface area (Å²) < 4.78 is 1.98. The van der Waals surface area contributed by atoms with Crippen LogP contribution in [0.25, 0.3) is 21.8 Å². The molecule has 21 heavy (non-hydrogen) atoms. The number of rotatable bonds is 2. The van der Waals surface area contributed by atoms with E-state index in [0.717, 1.165) is 27.4 Å². The molecule has 0 aliphatic heterocycles. The Bertz CT molecular complexity index is 984. The average Bonchev–Trinajstić information content (AvgIpc) is 3.01. The Labute approximate surface area is 120 Å². The molecule has 0 amide bonds. The largest absolute Gasteiger partial charge is 0.354 e. The van der Waals surface area contributed by atoms with Gasteiger partial charge in [-0.1, -0.05) is 18.2 Å². The summed E-state index contributed by atoms with van der Waals surface area (Å²) in [5.41, 5.74) is 2.90. The molecule has 2 aromatic heterocycles. The van der Waals surface area contributed by atoms with Gasteiger partial charge < -0.3 is 9.55 Å². The monoisotopic (exact) mass is 275 g/mol. The normalized spacial score (nSPS) is 11.2. The molecule has 0 saturated heterocycles. The summed E-state index contributed by atoms with van der Waals surface area (Å²) in [6.45, 7) is 0.711. The summed E-state index contributed by atoms with van der Waals surface area (Å²) in [4.78, 5) is 20.0. The van der Waals surface area contributed by atoms with Crippen LogP contribution in [-0.2, 0) is 6.54 Å². The van der Waals surface area contributed by atoms with E-state index in [4.69, 9.17) is 0 Å². The van der Waals surface area contributed by atoms with E-state index < -0.39 is 0 Å².